The van der Waals surface area contributed by atoms with Crippen LogP contribution in [0.3, 0.4) is 0 Å². The molecule has 2 aliphatic rings. The molecule has 2 N–H and O–H groups in total. The van der Waals surface area contributed by atoms with Gasteiger partial charge in [-0.2, -0.15) is 0 Å². The van der Waals surface area contributed by atoms with Gasteiger partial charge in [-0.1, -0.05) is 39.9 Å². The number of hydrogen-bond donors (Lipinski definition) is 1. The number of carbonyl (C=O) groups is 1. The average molecular weight is 268 g/mol. The van der Waals surface area contributed by atoms with Gasteiger partial charge in [0, 0.05) is 24.9 Å². The smallest absolute Gasteiger partial charge is 0.226 e. The molecule has 1 amide bonds. The van der Waals surface area contributed by atoms with Gasteiger partial charge in [0.15, 0.2) is 0 Å². The molecule has 102 valence electrons. The molecular formula is C14H24N2OS. The zero-order chi connectivity index (χ0) is 13.7. The van der Waals surface area contributed by atoms with Crippen LogP contribution in [-0.4, -0.2) is 28.9 Å². The molecule has 0 aromatic heterocycles. The third-order valence-electron chi connectivity index (χ3n) is 5.40. The molecule has 1 aliphatic carbocycles. The van der Waals surface area contributed by atoms with E-state index >= 15 is 0 Å². The normalized spacial score (nSPS) is 30.0. The van der Waals surface area contributed by atoms with Crippen LogP contribution in [0.4, 0.5) is 0 Å². The zero-order valence-corrected chi connectivity index (χ0v) is 12.6. The van der Waals surface area contributed by atoms with Crippen LogP contribution < -0.4 is 5.73 Å². The second kappa shape index (κ2) is 4.19. The van der Waals surface area contributed by atoms with E-state index in [1.807, 2.05) is 4.90 Å². The molecular weight excluding hydrogens is 244 g/mol. The topological polar surface area (TPSA) is 46.3 Å². The molecule has 1 heterocycles. The fourth-order valence-electron chi connectivity index (χ4n) is 3.41. The zero-order valence-electron chi connectivity index (χ0n) is 11.8. The van der Waals surface area contributed by atoms with E-state index < -0.39 is 0 Å². The highest BCUT2D eigenvalue weighted by molar-refractivity contribution is 7.80. The molecule has 2 rings (SSSR count). The van der Waals surface area contributed by atoms with E-state index in [0.29, 0.717) is 10.9 Å². The Morgan fingerprint density at radius 2 is 1.83 bits per heavy atom. The van der Waals surface area contributed by atoms with Crippen molar-refractivity contribution in [3.8, 4) is 0 Å². The number of nitrogens with zero attached hydrogens (tertiary/aromatic N) is 1. The van der Waals surface area contributed by atoms with Crippen LogP contribution in [0.15, 0.2) is 0 Å². The summed E-state index contributed by atoms with van der Waals surface area (Å²) in [5.74, 6) is 0.656. The summed E-state index contributed by atoms with van der Waals surface area (Å²) in [6, 6.07) is 0. The standard InChI is InChI=1S/C14H24N2OS/c1-13(2)10(14(13,3)4)12(17)16-7-5-6-9(8-16)11(15)18/h9-10H,5-8H2,1-4H3,(H2,15,18). The van der Waals surface area contributed by atoms with E-state index in [9.17, 15) is 4.79 Å². The monoisotopic (exact) mass is 268 g/mol. The minimum Gasteiger partial charge on any atom is -0.393 e. The van der Waals surface area contributed by atoms with Crippen LogP contribution in [0.1, 0.15) is 40.5 Å². The summed E-state index contributed by atoms with van der Waals surface area (Å²) in [6.07, 6.45) is 2.04. The minimum atomic E-state index is 0.111. The number of nitrogens with two attached hydrogens (primary N) is 1. The molecule has 0 spiro atoms. The summed E-state index contributed by atoms with van der Waals surface area (Å²) >= 11 is 5.07. The first-order chi connectivity index (χ1) is 8.19. The van der Waals surface area contributed by atoms with E-state index in [-0.39, 0.29) is 22.7 Å². The molecule has 0 radical (unpaired) electrons. The van der Waals surface area contributed by atoms with Crippen molar-refractivity contribution in [2.45, 2.75) is 40.5 Å². The summed E-state index contributed by atoms with van der Waals surface area (Å²) in [5, 5.41) is 0. The first kappa shape index (κ1) is 13.8. The van der Waals surface area contributed by atoms with E-state index in [0.717, 1.165) is 25.9 Å². The number of hydrogen-bond acceptors (Lipinski definition) is 2. The Kier molecular flexibility index (Phi) is 3.21. The molecule has 1 aliphatic heterocycles. The molecule has 1 atom stereocenters. The number of piperidine rings is 1. The summed E-state index contributed by atoms with van der Waals surface area (Å²) in [6.45, 7) is 10.3. The second-order valence-corrected chi connectivity index (χ2v) is 7.37. The van der Waals surface area contributed by atoms with Gasteiger partial charge < -0.3 is 10.6 Å². The van der Waals surface area contributed by atoms with Crippen LogP contribution in [0.5, 0.6) is 0 Å². The maximum atomic E-state index is 12.6. The van der Waals surface area contributed by atoms with Gasteiger partial charge in [0.25, 0.3) is 0 Å². The van der Waals surface area contributed by atoms with Crippen molar-refractivity contribution in [2.24, 2.45) is 28.4 Å². The van der Waals surface area contributed by atoms with Crippen molar-refractivity contribution in [1.29, 1.82) is 0 Å². The minimum absolute atomic E-state index is 0.111. The molecule has 0 aromatic carbocycles. The molecule has 0 aromatic rings. The third kappa shape index (κ3) is 1.94. The van der Waals surface area contributed by atoms with Crippen LogP contribution in [0, 0.1) is 22.7 Å². The Labute approximate surface area is 115 Å². The summed E-state index contributed by atoms with van der Waals surface area (Å²) in [4.78, 5) is 15.1. The van der Waals surface area contributed by atoms with Gasteiger partial charge in [-0.05, 0) is 23.7 Å². The maximum absolute atomic E-state index is 12.6. The Hall–Kier alpha value is -0.640. The molecule has 2 fully saturated rings. The quantitative estimate of drug-likeness (QED) is 0.781. The van der Waals surface area contributed by atoms with Crippen molar-refractivity contribution >= 4 is 23.1 Å². The van der Waals surface area contributed by atoms with E-state index in [1.165, 1.54) is 0 Å². The van der Waals surface area contributed by atoms with Gasteiger partial charge in [0.05, 0.1) is 4.99 Å². The fraction of sp³-hybridized carbons (Fsp3) is 0.857. The van der Waals surface area contributed by atoms with Gasteiger partial charge in [-0.15, -0.1) is 0 Å². The lowest BCUT2D eigenvalue weighted by Gasteiger charge is -2.33. The predicted molar refractivity (Wildman–Crippen MR) is 77.1 cm³/mol. The molecule has 1 saturated carbocycles. The molecule has 18 heavy (non-hydrogen) atoms. The van der Waals surface area contributed by atoms with Crippen molar-refractivity contribution < 1.29 is 4.79 Å². The second-order valence-electron chi connectivity index (χ2n) is 6.90. The van der Waals surface area contributed by atoms with Crippen molar-refractivity contribution in [1.82, 2.24) is 4.90 Å². The molecule has 4 heteroatoms. The van der Waals surface area contributed by atoms with Gasteiger partial charge in [0.1, 0.15) is 0 Å². The average Bonchev–Trinajstić information content (AvgIpc) is 2.69. The van der Waals surface area contributed by atoms with Crippen molar-refractivity contribution in [3.05, 3.63) is 0 Å². The van der Waals surface area contributed by atoms with Crippen LogP contribution in [0.25, 0.3) is 0 Å². The Morgan fingerprint density at radius 1 is 1.28 bits per heavy atom. The Bertz CT molecular complexity index is 375. The van der Waals surface area contributed by atoms with E-state index in [2.05, 4.69) is 27.7 Å². The largest absolute Gasteiger partial charge is 0.393 e. The van der Waals surface area contributed by atoms with Crippen molar-refractivity contribution in [2.75, 3.05) is 13.1 Å². The maximum Gasteiger partial charge on any atom is 0.226 e. The Morgan fingerprint density at radius 3 is 2.28 bits per heavy atom. The number of rotatable bonds is 2. The molecule has 1 saturated heterocycles. The van der Waals surface area contributed by atoms with E-state index in [1.54, 1.807) is 0 Å². The lowest BCUT2D eigenvalue weighted by Crippen LogP contribution is -2.44. The Balaban J connectivity index is 2.05. The van der Waals surface area contributed by atoms with Gasteiger partial charge in [-0.3, -0.25) is 4.79 Å². The van der Waals surface area contributed by atoms with Gasteiger partial charge in [0.2, 0.25) is 5.91 Å². The number of likely N-dealkylation sites (tertiary alicyclic amines) is 1. The summed E-state index contributed by atoms with van der Waals surface area (Å²) in [7, 11) is 0. The van der Waals surface area contributed by atoms with Gasteiger partial charge in [-0.25, -0.2) is 0 Å². The van der Waals surface area contributed by atoms with Crippen LogP contribution >= 0.6 is 12.2 Å². The summed E-state index contributed by atoms with van der Waals surface area (Å²) < 4.78 is 0. The first-order valence-corrected chi connectivity index (χ1v) is 7.18. The lowest BCUT2D eigenvalue weighted by molar-refractivity contribution is -0.135. The number of carbonyl (C=O) groups excluding carboxylic acids is 1. The molecule has 3 nitrogen and oxygen atoms in total. The fourth-order valence-corrected chi connectivity index (χ4v) is 3.60. The highest BCUT2D eigenvalue weighted by Gasteiger charge is 2.68. The first-order valence-electron chi connectivity index (χ1n) is 6.77. The molecule has 0 bridgehead atoms. The molecule has 1 unspecified atom stereocenters. The van der Waals surface area contributed by atoms with E-state index in [4.69, 9.17) is 18.0 Å². The highest BCUT2D eigenvalue weighted by atomic mass is 32.1. The SMILES string of the molecule is CC1(C)C(C(=O)N2CCCC(C(N)=S)C2)C1(C)C. The third-order valence-corrected chi connectivity index (χ3v) is 5.74. The van der Waals surface area contributed by atoms with Gasteiger partial charge >= 0.3 is 0 Å². The number of amides is 1. The number of thiocarbonyl (C=S) groups is 1. The summed E-state index contributed by atoms with van der Waals surface area (Å²) in [5.41, 5.74) is 5.94. The predicted octanol–water partition coefficient (Wildman–Crippen LogP) is 2.19. The van der Waals surface area contributed by atoms with Crippen LogP contribution in [0.2, 0.25) is 0 Å². The van der Waals surface area contributed by atoms with Crippen molar-refractivity contribution in [3.63, 3.8) is 0 Å². The highest BCUT2D eigenvalue weighted by Crippen LogP contribution is 2.68. The van der Waals surface area contributed by atoms with Crippen LogP contribution in [-0.2, 0) is 4.79 Å². The lowest BCUT2D eigenvalue weighted by atomic mass is 9.97.